The molecule has 0 aliphatic heterocycles. The summed E-state index contributed by atoms with van der Waals surface area (Å²) in [6.45, 7) is 0. The van der Waals surface area contributed by atoms with Crippen molar-refractivity contribution in [1.29, 1.82) is 0 Å². The number of rotatable bonds is 5. The van der Waals surface area contributed by atoms with Gasteiger partial charge in [-0.15, -0.1) is 0 Å². The van der Waals surface area contributed by atoms with Crippen LogP contribution in [0.5, 0.6) is 11.5 Å². The van der Waals surface area contributed by atoms with Gasteiger partial charge in [0, 0.05) is 5.25 Å². The standard InChI is InChI=1S/C15H18N2O3S/c1-19-12-8-4-7-11(14(12)18)15-16-13(17-20-15)9-21-10-5-2-3-6-10/h4,7-8,10,18H,2-3,5-6,9H2,1H3. The fourth-order valence-corrected chi connectivity index (χ4v) is 3.70. The lowest BCUT2D eigenvalue weighted by molar-refractivity contribution is 0.371. The maximum atomic E-state index is 10.1. The number of thioether (sulfide) groups is 1. The highest BCUT2D eigenvalue weighted by Crippen LogP contribution is 2.36. The molecule has 0 radical (unpaired) electrons. The fraction of sp³-hybridized carbons (Fsp3) is 0.467. The Morgan fingerprint density at radius 1 is 1.38 bits per heavy atom. The molecule has 2 aromatic rings. The Morgan fingerprint density at radius 2 is 2.19 bits per heavy atom. The minimum absolute atomic E-state index is 0.0265. The molecule has 0 unspecified atom stereocenters. The van der Waals surface area contributed by atoms with E-state index in [0.29, 0.717) is 23.0 Å². The first-order chi connectivity index (χ1) is 10.3. The van der Waals surface area contributed by atoms with Crippen molar-refractivity contribution in [1.82, 2.24) is 10.1 Å². The third kappa shape index (κ3) is 3.15. The monoisotopic (exact) mass is 306 g/mol. The topological polar surface area (TPSA) is 68.4 Å². The number of phenolic OH excluding ortho intramolecular Hbond substituents is 1. The van der Waals surface area contributed by atoms with Crippen LogP contribution in [0, 0.1) is 0 Å². The number of methoxy groups -OCH3 is 1. The Balaban J connectivity index is 1.72. The van der Waals surface area contributed by atoms with Gasteiger partial charge in [-0.3, -0.25) is 0 Å². The van der Waals surface area contributed by atoms with E-state index in [4.69, 9.17) is 9.26 Å². The minimum atomic E-state index is 0.0265. The average molecular weight is 306 g/mol. The number of phenols is 1. The molecule has 1 aromatic heterocycles. The quantitative estimate of drug-likeness (QED) is 0.909. The Hall–Kier alpha value is -1.69. The maximum absolute atomic E-state index is 10.1. The molecule has 0 amide bonds. The molecule has 21 heavy (non-hydrogen) atoms. The van der Waals surface area contributed by atoms with E-state index in [-0.39, 0.29) is 5.75 Å². The van der Waals surface area contributed by atoms with E-state index in [9.17, 15) is 5.11 Å². The number of para-hydroxylation sites is 1. The molecule has 1 fully saturated rings. The van der Waals surface area contributed by atoms with Crippen LogP contribution in [0.4, 0.5) is 0 Å². The predicted octanol–water partition coefficient (Wildman–Crippen LogP) is 3.63. The van der Waals surface area contributed by atoms with Crippen LogP contribution < -0.4 is 4.74 Å². The minimum Gasteiger partial charge on any atom is -0.504 e. The highest BCUT2D eigenvalue weighted by molar-refractivity contribution is 7.99. The summed E-state index contributed by atoms with van der Waals surface area (Å²) < 4.78 is 10.3. The molecule has 112 valence electrons. The van der Waals surface area contributed by atoms with Gasteiger partial charge >= 0.3 is 0 Å². The van der Waals surface area contributed by atoms with Crippen molar-refractivity contribution < 1.29 is 14.4 Å². The van der Waals surface area contributed by atoms with Crippen LogP contribution in [0.1, 0.15) is 31.5 Å². The van der Waals surface area contributed by atoms with E-state index in [2.05, 4.69) is 10.1 Å². The molecule has 3 rings (SSSR count). The second-order valence-electron chi connectivity index (χ2n) is 5.09. The normalized spacial score (nSPS) is 15.5. The summed E-state index contributed by atoms with van der Waals surface area (Å²) in [6, 6.07) is 5.20. The van der Waals surface area contributed by atoms with Gasteiger partial charge in [0.1, 0.15) is 0 Å². The molecule has 1 aliphatic rings. The second-order valence-corrected chi connectivity index (χ2v) is 6.38. The summed E-state index contributed by atoms with van der Waals surface area (Å²) in [5.41, 5.74) is 0.499. The molecule has 0 saturated heterocycles. The average Bonchev–Trinajstić information content (AvgIpc) is 3.17. The number of benzene rings is 1. The van der Waals surface area contributed by atoms with Crippen molar-refractivity contribution in [2.24, 2.45) is 0 Å². The van der Waals surface area contributed by atoms with Gasteiger partial charge in [0.25, 0.3) is 5.89 Å². The molecule has 1 saturated carbocycles. The van der Waals surface area contributed by atoms with Crippen molar-refractivity contribution in [3.63, 3.8) is 0 Å². The highest BCUT2D eigenvalue weighted by Gasteiger charge is 2.18. The first-order valence-electron chi connectivity index (χ1n) is 7.08. The van der Waals surface area contributed by atoms with Gasteiger partial charge in [-0.05, 0) is 25.0 Å². The van der Waals surface area contributed by atoms with Crippen LogP contribution in [0.3, 0.4) is 0 Å². The van der Waals surface area contributed by atoms with E-state index in [1.807, 2.05) is 11.8 Å². The zero-order valence-electron chi connectivity index (χ0n) is 11.9. The van der Waals surface area contributed by atoms with E-state index >= 15 is 0 Å². The molecule has 0 bridgehead atoms. The summed E-state index contributed by atoms with van der Waals surface area (Å²) in [5.74, 6) is 2.17. The van der Waals surface area contributed by atoms with E-state index in [0.717, 1.165) is 11.0 Å². The van der Waals surface area contributed by atoms with Crippen LogP contribution in [0.15, 0.2) is 22.7 Å². The van der Waals surface area contributed by atoms with Gasteiger partial charge in [-0.1, -0.05) is 24.1 Å². The molecule has 0 atom stereocenters. The molecule has 1 heterocycles. The first kappa shape index (κ1) is 14.3. The number of ether oxygens (including phenoxy) is 1. The largest absolute Gasteiger partial charge is 0.504 e. The highest BCUT2D eigenvalue weighted by atomic mass is 32.2. The summed E-state index contributed by atoms with van der Waals surface area (Å²) in [6.07, 6.45) is 5.22. The lowest BCUT2D eigenvalue weighted by Crippen LogP contribution is -1.95. The molecule has 6 heteroatoms. The summed E-state index contributed by atoms with van der Waals surface area (Å²) in [7, 11) is 1.51. The van der Waals surface area contributed by atoms with E-state index in [1.54, 1.807) is 18.2 Å². The molecule has 1 N–H and O–H groups in total. The number of aromatic nitrogens is 2. The van der Waals surface area contributed by atoms with Crippen molar-refractivity contribution >= 4 is 11.8 Å². The Labute approximate surface area is 127 Å². The van der Waals surface area contributed by atoms with Gasteiger partial charge in [0.15, 0.2) is 17.3 Å². The number of nitrogens with zero attached hydrogens (tertiary/aromatic N) is 2. The predicted molar refractivity (Wildman–Crippen MR) is 81.5 cm³/mol. The zero-order valence-corrected chi connectivity index (χ0v) is 12.7. The van der Waals surface area contributed by atoms with Gasteiger partial charge < -0.3 is 14.4 Å². The molecule has 1 aliphatic carbocycles. The van der Waals surface area contributed by atoms with Crippen LogP contribution in [0.2, 0.25) is 0 Å². The second kappa shape index (κ2) is 6.39. The summed E-state index contributed by atoms with van der Waals surface area (Å²) in [5, 5.41) is 14.8. The molecular weight excluding hydrogens is 288 g/mol. The van der Waals surface area contributed by atoms with Crippen molar-refractivity contribution in [3.05, 3.63) is 24.0 Å². The first-order valence-corrected chi connectivity index (χ1v) is 8.13. The van der Waals surface area contributed by atoms with Gasteiger partial charge in [0.2, 0.25) is 0 Å². The number of aromatic hydroxyl groups is 1. The number of hydrogen-bond donors (Lipinski definition) is 1. The number of hydrogen-bond acceptors (Lipinski definition) is 6. The molecule has 0 spiro atoms. The van der Waals surface area contributed by atoms with Gasteiger partial charge in [-0.2, -0.15) is 16.7 Å². The van der Waals surface area contributed by atoms with Crippen LogP contribution >= 0.6 is 11.8 Å². The van der Waals surface area contributed by atoms with Gasteiger partial charge in [-0.25, -0.2) is 0 Å². The van der Waals surface area contributed by atoms with Crippen molar-refractivity contribution in [3.8, 4) is 23.0 Å². The zero-order chi connectivity index (χ0) is 14.7. The smallest absolute Gasteiger partial charge is 0.261 e. The maximum Gasteiger partial charge on any atom is 0.261 e. The SMILES string of the molecule is COc1cccc(-c2nc(CSC3CCCC3)no2)c1O. The van der Waals surface area contributed by atoms with E-state index < -0.39 is 0 Å². The van der Waals surface area contributed by atoms with Crippen LogP contribution in [-0.4, -0.2) is 27.6 Å². The summed E-state index contributed by atoms with van der Waals surface area (Å²) >= 11 is 1.89. The fourth-order valence-electron chi connectivity index (χ4n) is 2.53. The third-order valence-corrected chi connectivity index (χ3v) is 5.04. The lowest BCUT2D eigenvalue weighted by Gasteiger charge is -2.05. The molecule has 1 aromatic carbocycles. The van der Waals surface area contributed by atoms with Crippen molar-refractivity contribution in [2.75, 3.05) is 7.11 Å². The van der Waals surface area contributed by atoms with Crippen molar-refractivity contribution in [2.45, 2.75) is 36.7 Å². The lowest BCUT2D eigenvalue weighted by atomic mass is 10.2. The Morgan fingerprint density at radius 3 is 2.95 bits per heavy atom. The Kier molecular flexibility index (Phi) is 4.34. The molecular formula is C15H18N2O3S. The van der Waals surface area contributed by atoms with Crippen LogP contribution in [0.25, 0.3) is 11.5 Å². The Bertz CT molecular complexity index is 609. The van der Waals surface area contributed by atoms with E-state index in [1.165, 1.54) is 32.8 Å². The molecule has 5 nitrogen and oxygen atoms in total. The van der Waals surface area contributed by atoms with Crippen LogP contribution in [-0.2, 0) is 5.75 Å². The summed E-state index contributed by atoms with van der Waals surface area (Å²) in [4.78, 5) is 4.36. The third-order valence-electron chi connectivity index (χ3n) is 3.67. The van der Waals surface area contributed by atoms with Gasteiger partial charge in [0.05, 0.1) is 18.4 Å².